The molecule has 0 atom stereocenters. The van der Waals surface area contributed by atoms with Crippen molar-refractivity contribution in [1.82, 2.24) is 9.38 Å². The van der Waals surface area contributed by atoms with Gasteiger partial charge in [0.1, 0.15) is 0 Å². The van der Waals surface area contributed by atoms with Gasteiger partial charge in [-0.1, -0.05) is 36.4 Å². The van der Waals surface area contributed by atoms with E-state index in [0.29, 0.717) is 0 Å². The number of imidazole rings is 1. The van der Waals surface area contributed by atoms with Crippen LogP contribution in [0.2, 0.25) is 0 Å². The molecule has 0 aliphatic rings. The Balaban J connectivity index is 0.00000121. The van der Waals surface area contributed by atoms with E-state index in [1.165, 1.54) is 10.9 Å². The maximum Gasteiger partial charge on any atom is 0.0629 e. The minimum atomic E-state index is 0. The van der Waals surface area contributed by atoms with Crippen LogP contribution in [0.4, 0.5) is 0 Å². The molecule has 0 amide bonds. The molecule has 0 spiro atoms. The van der Waals surface area contributed by atoms with E-state index in [1.807, 2.05) is 36.5 Å². The van der Waals surface area contributed by atoms with E-state index in [9.17, 15) is 0 Å². The van der Waals surface area contributed by atoms with Crippen molar-refractivity contribution in [3.05, 3.63) is 73.1 Å². The van der Waals surface area contributed by atoms with Gasteiger partial charge in [-0.25, -0.2) is 0 Å². The molecule has 2 heterocycles. The van der Waals surface area contributed by atoms with Crippen molar-refractivity contribution < 1.29 is 21.1 Å². The first-order valence-electron chi connectivity index (χ1n) is 6.25. The van der Waals surface area contributed by atoms with Crippen molar-refractivity contribution in [2.75, 3.05) is 0 Å². The molecule has 0 bridgehead atoms. The van der Waals surface area contributed by atoms with E-state index < -0.39 is 0 Å². The Morgan fingerprint density at radius 1 is 0.950 bits per heavy atom. The second-order valence-corrected chi connectivity index (χ2v) is 4.52. The molecule has 0 saturated carbocycles. The summed E-state index contributed by atoms with van der Waals surface area (Å²) < 4.78 is 2.12. The van der Waals surface area contributed by atoms with Gasteiger partial charge in [-0.2, -0.15) is 0 Å². The number of nitrogens with zero attached hydrogens (tertiary/aromatic N) is 2. The summed E-state index contributed by atoms with van der Waals surface area (Å²) in [7, 11) is 0. The van der Waals surface area contributed by atoms with Crippen LogP contribution in [-0.2, 0) is 21.1 Å². The van der Waals surface area contributed by atoms with Gasteiger partial charge in [0.2, 0.25) is 0 Å². The summed E-state index contributed by atoms with van der Waals surface area (Å²) in [6.07, 6.45) is 3.99. The van der Waals surface area contributed by atoms with Gasteiger partial charge in [-0.05, 0) is 11.8 Å². The van der Waals surface area contributed by atoms with Crippen LogP contribution >= 0.6 is 0 Å². The molecule has 2 aromatic carbocycles. The third kappa shape index (κ3) is 1.97. The molecule has 2 aromatic heterocycles. The predicted octanol–water partition coefficient (Wildman–Crippen LogP) is 3.95. The normalized spacial score (nSPS) is 10.6. The zero-order valence-electron chi connectivity index (χ0n) is 10.6. The average molecular weight is 438 g/mol. The zero-order chi connectivity index (χ0) is 12.7. The molecular weight excluding hydrogens is 427 g/mol. The van der Waals surface area contributed by atoms with Crippen molar-refractivity contribution >= 4 is 16.4 Å². The maximum atomic E-state index is 4.55. The molecule has 3 heteroatoms. The van der Waals surface area contributed by atoms with E-state index in [4.69, 9.17) is 0 Å². The molecule has 0 N–H and O–H groups in total. The van der Waals surface area contributed by atoms with Gasteiger partial charge in [0.15, 0.2) is 0 Å². The third-order valence-electron chi connectivity index (χ3n) is 3.38. The zero-order valence-corrected chi connectivity index (χ0v) is 12.8. The summed E-state index contributed by atoms with van der Waals surface area (Å²) in [5, 5.41) is 2.23. The second kappa shape index (κ2) is 5.22. The molecule has 20 heavy (non-hydrogen) atoms. The topological polar surface area (TPSA) is 17.3 Å². The third-order valence-corrected chi connectivity index (χ3v) is 3.38. The van der Waals surface area contributed by atoms with Crippen molar-refractivity contribution in [2.45, 2.75) is 0 Å². The van der Waals surface area contributed by atoms with Crippen molar-refractivity contribution in [1.29, 1.82) is 0 Å². The average Bonchev–Trinajstić information content (AvgIpc) is 2.92. The molecule has 0 radical (unpaired) electrons. The number of hydrogen-bond donors (Lipinski definition) is 0. The van der Waals surface area contributed by atoms with Crippen LogP contribution in [0.25, 0.3) is 27.7 Å². The summed E-state index contributed by atoms with van der Waals surface area (Å²) >= 11 is 0. The second-order valence-electron chi connectivity index (χ2n) is 4.52. The van der Waals surface area contributed by atoms with Gasteiger partial charge in [-0.3, -0.25) is 4.98 Å². The SMILES string of the molecule is [Pt].[c-]1cccc2ccn3c(-c4ccccc4)cnc3c12. The van der Waals surface area contributed by atoms with E-state index in [-0.39, 0.29) is 21.1 Å². The molecule has 100 valence electrons. The Kier molecular flexibility index (Phi) is 3.41. The van der Waals surface area contributed by atoms with E-state index in [1.54, 1.807) is 0 Å². The van der Waals surface area contributed by atoms with Crippen molar-refractivity contribution in [2.24, 2.45) is 0 Å². The number of aromatic nitrogens is 2. The molecule has 4 aromatic rings. The summed E-state index contributed by atoms with van der Waals surface area (Å²) in [4.78, 5) is 4.55. The molecule has 0 aliphatic carbocycles. The van der Waals surface area contributed by atoms with Crippen LogP contribution in [0.5, 0.6) is 0 Å². The van der Waals surface area contributed by atoms with Gasteiger partial charge in [0, 0.05) is 27.3 Å². The molecule has 4 rings (SSSR count). The fourth-order valence-electron chi connectivity index (χ4n) is 2.46. The number of fused-ring (bicyclic) bond motifs is 3. The Bertz CT molecular complexity index is 866. The number of pyridine rings is 1. The number of rotatable bonds is 1. The van der Waals surface area contributed by atoms with E-state index in [0.717, 1.165) is 16.7 Å². The van der Waals surface area contributed by atoms with Crippen LogP contribution < -0.4 is 0 Å². The van der Waals surface area contributed by atoms with Crippen LogP contribution in [0.3, 0.4) is 0 Å². The standard InChI is InChI=1S/C17H11N2.Pt/c1-2-7-14(8-3-1)16-12-18-17-15-9-5-4-6-13(15)10-11-19(16)17;/h1-8,10-12H;/q-1;. The summed E-state index contributed by atoms with van der Waals surface area (Å²) in [5.41, 5.74) is 3.23. The Labute approximate surface area is 131 Å². The van der Waals surface area contributed by atoms with Gasteiger partial charge >= 0.3 is 0 Å². The quantitative estimate of drug-likeness (QED) is 0.412. The van der Waals surface area contributed by atoms with E-state index in [2.05, 4.69) is 45.9 Å². The van der Waals surface area contributed by atoms with Gasteiger partial charge < -0.3 is 4.40 Å². The van der Waals surface area contributed by atoms with Crippen LogP contribution in [-0.4, -0.2) is 9.38 Å². The summed E-state index contributed by atoms with van der Waals surface area (Å²) in [6.45, 7) is 0. The molecule has 0 unspecified atom stereocenters. The monoisotopic (exact) mass is 438 g/mol. The smallest absolute Gasteiger partial charge is 0.0629 e. The largest absolute Gasteiger partial charge is 0.341 e. The van der Waals surface area contributed by atoms with Gasteiger partial charge in [-0.15, -0.1) is 35.0 Å². The molecular formula is C17H11N2Pt-. The summed E-state index contributed by atoms with van der Waals surface area (Å²) in [5.74, 6) is 0. The molecule has 0 saturated heterocycles. The number of hydrogen-bond acceptors (Lipinski definition) is 1. The van der Waals surface area contributed by atoms with Gasteiger partial charge in [0.25, 0.3) is 0 Å². The molecule has 0 fully saturated rings. The maximum absolute atomic E-state index is 4.55. The Hall–Kier alpha value is -1.92. The minimum absolute atomic E-state index is 0. The van der Waals surface area contributed by atoms with Gasteiger partial charge in [0.05, 0.1) is 11.3 Å². The van der Waals surface area contributed by atoms with Crippen LogP contribution in [0.1, 0.15) is 0 Å². The van der Waals surface area contributed by atoms with Crippen molar-refractivity contribution in [3.63, 3.8) is 0 Å². The van der Waals surface area contributed by atoms with Crippen molar-refractivity contribution in [3.8, 4) is 11.3 Å². The minimum Gasteiger partial charge on any atom is -0.341 e. The first-order valence-corrected chi connectivity index (χ1v) is 6.25. The summed E-state index contributed by atoms with van der Waals surface area (Å²) in [6, 6.07) is 21.7. The molecule has 2 nitrogen and oxygen atoms in total. The first kappa shape index (κ1) is 13.1. The fraction of sp³-hybridized carbons (Fsp3) is 0. The predicted molar refractivity (Wildman–Crippen MR) is 77.0 cm³/mol. The first-order chi connectivity index (χ1) is 9.43. The Morgan fingerprint density at radius 2 is 1.80 bits per heavy atom. The van der Waals surface area contributed by atoms with E-state index >= 15 is 0 Å². The van der Waals surface area contributed by atoms with Crippen LogP contribution in [0.15, 0.2) is 67.0 Å². The Morgan fingerprint density at radius 3 is 2.65 bits per heavy atom. The van der Waals surface area contributed by atoms with Crippen LogP contribution in [0, 0.1) is 6.07 Å². The fourth-order valence-corrected chi connectivity index (χ4v) is 2.46. The number of benzene rings is 2. The molecule has 0 aliphatic heterocycles.